The smallest absolute Gasteiger partial charge is 0.321 e. The van der Waals surface area contributed by atoms with Crippen LogP contribution < -0.4 is 5.32 Å². The van der Waals surface area contributed by atoms with E-state index in [-0.39, 0.29) is 6.03 Å². The minimum absolute atomic E-state index is 0.0519. The van der Waals surface area contributed by atoms with E-state index in [1.807, 2.05) is 48.2 Å². The van der Waals surface area contributed by atoms with Crippen LogP contribution in [0.15, 0.2) is 66.9 Å². The molecule has 0 radical (unpaired) electrons. The van der Waals surface area contributed by atoms with E-state index in [0.29, 0.717) is 5.82 Å². The van der Waals surface area contributed by atoms with Gasteiger partial charge in [-0.2, -0.15) is 0 Å². The number of carbonyl (C=O) groups excluding carboxylic acids is 1. The van der Waals surface area contributed by atoms with Crippen molar-refractivity contribution < 1.29 is 4.79 Å². The van der Waals surface area contributed by atoms with Gasteiger partial charge in [-0.3, -0.25) is 4.90 Å². The van der Waals surface area contributed by atoms with Gasteiger partial charge in [0.05, 0.1) is 0 Å². The van der Waals surface area contributed by atoms with Crippen molar-refractivity contribution in [2.75, 3.05) is 31.5 Å². The number of nitrogens with zero attached hydrogens (tertiary/aromatic N) is 4. The Hall–Kier alpha value is -3.25. The molecule has 1 aliphatic heterocycles. The van der Waals surface area contributed by atoms with Crippen molar-refractivity contribution >= 4 is 11.7 Å². The second-order valence-corrected chi connectivity index (χ2v) is 7.28. The fourth-order valence-corrected chi connectivity index (χ4v) is 3.44. The van der Waals surface area contributed by atoms with Crippen LogP contribution in [0, 0.1) is 6.92 Å². The highest BCUT2D eigenvalue weighted by Gasteiger charge is 2.21. The first-order valence-corrected chi connectivity index (χ1v) is 9.90. The van der Waals surface area contributed by atoms with Crippen molar-refractivity contribution in [3.05, 3.63) is 78.1 Å². The molecule has 0 saturated carbocycles. The second-order valence-electron chi connectivity index (χ2n) is 7.28. The summed E-state index contributed by atoms with van der Waals surface area (Å²) in [5, 5.41) is 2.99. The van der Waals surface area contributed by atoms with E-state index in [1.165, 1.54) is 5.56 Å². The van der Waals surface area contributed by atoms with Gasteiger partial charge in [-0.05, 0) is 42.8 Å². The number of anilines is 1. The third-order valence-corrected chi connectivity index (χ3v) is 5.10. The first-order chi connectivity index (χ1) is 14.2. The van der Waals surface area contributed by atoms with Crippen molar-refractivity contribution in [1.82, 2.24) is 19.8 Å². The lowest BCUT2D eigenvalue weighted by Crippen LogP contribution is -2.49. The summed E-state index contributed by atoms with van der Waals surface area (Å²) in [5.41, 5.74) is 3.95. The number of carbonyl (C=O) groups is 1. The molecule has 6 nitrogen and oxygen atoms in total. The lowest BCUT2D eigenvalue weighted by atomic mass is 10.2. The molecule has 2 amide bonds. The summed E-state index contributed by atoms with van der Waals surface area (Å²) in [5.74, 6) is 0.692. The topological polar surface area (TPSA) is 61.4 Å². The zero-order valence-electron chi connectivity index (χ0n) is 16.6. The van der Waals surface area contributed by atoms with Gasteiger partial charge in [-0.1, -0.05) is 30.3 Å². The maximum absolute atomic E-state index is 12.6. The van der Waals surface area contributed by atoms with Crippen LogP contribution >= 0.6 is 0 Å². The van der Waals surface area contributed by atoms with E-state index in [0.717, 1.165) is 49.7 Å². The molecule has 0 spiro atoms. The summed E-state index contributed by atoms with van der Waals surface area (Å²) < 4.78 is 0. The highest BCUT2D eigenvalue weighted by molar-refractivity contribution is 5.89. The van der Waals surface area contributed by atoms with Gasteiger partial charge >= 0.3 is 6.03 Å². The lowest BCUT2D eigenvalue weighted by Gasteiger charge is -2.34. The van der Waals surface area contributed by atoms with Crippen LogP contribution in [0.25, 0.3) is 11.4 Å². The van der Waals surface area contributed by atoms with Crippen molar-refractivity contribution in [2.45, 2.75) is 13.5 Å². The number of urea groups is 1. The highest BCUT2D eigenvalue weighted by atomic mass is 16.2. The Kier molecular flexibility index (Phi) is 5.81. The van der Waals surface area contributed by atoms with Gasteiger partial charge < -0.3 is 10.2 Å². The van der Waals surface area contributed by atoms with E-state index in [1.54, 1.807) is 6.20 Å². The molecule has 1 saturated heterocycles. The Morgan fingerprint density at radius 2 is 1.69 bits per heavy atom. The third-order valence-electron chi connectivity index (χ3n) is 5.10. The van der Waals surface area contributed by atoms with Gasteiger partial charge in [0.25, 0.3) is 0 Å². The number of rotatable bonds is 4. The molecule has 0 unspecified atom stereocenters. The Morgan fingerprint density at radius 3 is 2.38 bits per heavy atom. The molecule has 29 heavy (non-hydrogen) atoms. The molecule has 3 aromatic rings. The maximum atomic E-state index is 12.6. The zero-order valence-corrected chi connectivity index (χ0v) is 16.6. The normalized spacial score (nSPS) is 14.6. The van der Waals surface area contributed by atoms with E-state index >= 15 is 0 Å². The zero-order chi connectivity index (χ0) is 20.1. The highest BCUT2D eigenvalue weighted by Crippen LogP contribution is 2.18. The minimum atomic E-state index is -0.0519. The number of benzene rings is 2. The van der Waals surface area contributed by atoms with Gasteiger partial charge in [-0.15, -0.1) is 0 Å². The van der Waals surface area contributed by atoms with Crippen LogP contribution in [-0.4, -0.2) is 52.0 Å². The Balaban J connectivity index is 1.29. The van der Waals surface area contributed by atoms with E-state index < -0.39 is 0 Å². The monoisotopic (exact) mass is 387 g/mol. The molecular weight excluding hydrogens is 362 g/mol. The Morgan fingerprint density at radius 1 is 0.966 bits per heavy atom. The number of hydrogen-bond acceptors (Lipinski definition) is 4. The molecule has 0 atom stereocenters. The second kappa shape index (κ2) is 8.84. The van der Waals surface area contributed by atoms with Crippen molar-refractivity contribution in [3.63, 3.8) is 0 Å². The largest absolute Gasteiger partial charge is 0.322 e. The molecule has 1 aromatic heterocycles. The molecule has 2 aromatic carbocycles. The van der Waals surface area contributed by atoms with Crippen molar-refractivity contribution in [1.29, 1.82) is 0 Å². The Bertz CT molecular complexity index is 951. The SMILES string of the molecule is Cc1ccnc(-c2ccc(NC(=O)N3CCN(Cc4ccccc4)CC3)cc2)n1. The fourth-order valence-electron chi connectivity index (χ4n) is 3.44. The van der Waals surface area contributed by atoms with Crippen LogP contribution in [0.3, 0.4) is 0 Å². The van der Waals surface area contributed by atoms with Crippen LogP contribution in [-0.2, 0) is 6.54 Å². The van der Waals surface area contributed by atoms with Crippen LogP contribution in [0.4, 0.5) is 10.5 Å². The van der Waals surface area contributed by atoms with E-state index in [9.17, 15) is 4.79 Å². The summed E-state index contributed by atoms with van der Waals surface area (Å²) in [4.78, 5) is 25.6. The first-order valence-electron chi connectivity index (χ1n) is 9.90. The summed E-state index contributed by atoms with van der Waals surface area (Å²) in [7, 11) is 0. The summed E-state index contributed by atoms with van der Waals surface area (Å²) >= 11 is 0. The van der Waals surface area contributed by atoms with Crippen LogP contribution in [0.2, 0.25) is 0 Å². The number of aromatic nitrogens is 2. The van der Waals surface area contributed by atoms with Gasteiger partial charge in [0, 0.05) is 55.9 Å². The summed E-state index contributed by atoms with van der Waals surface area (Å²) in [6.45, 7) is 6.10. The van der Waals surface area contributed by atoms with E-state index in [4.69, 9.17) is 0 Å². The number of nitrogens with one attached hydrogen (secondary N) is 1. The van der Waals surface area contributed by atoms with Gasteiger partial charge in [-0.25, -0.2) is 14.8 Å². The van der Waals surface area contributed by atoms with Crippen LogP contribution in [0.1, 0.15) is 11.3 Å². The van der Waals surface area contributed by atoms with Gasteiger partial charge in [0.15, 0.2) is 5.82 Å². The van der Waals surface area contributed by atoms with Crippen molar-refractivity contribution in [3.8, 4) is 11.4 Å². The standard InChI is InChI=1S/C23H25N5O/c1-18-11-12-24-22(25-18)20-7-9-21(10-8-20)26-23(29)28-15-13-27(14-16-28)17-19-5-3-2-4-6-19/h2-12H,13-17H2,1H3,(H,26,29). The summed E-state index contributed by atoms with van der Waals surface area (Å²) in [6.07, 6.45) is 1.75. The molecule has 2 heterocycles. The van der Waals surface area contributed by atoms with Crippen LogP contribution in [0.5, 0.6) is 0 Å². The molecule has 1 fully saturated rings. The minimum Gasteiger partial charge on any atom is -0.322 e. The molecule has 6 heteroatoms. The molecule has 1 aliphatic rings. The maximum Gasteiger partial charge on any atom is 0.321 e. The molecular formula is C23H25N5O. The summed E-state index contributed by atoms with van der Waals surface area (Å²) in [6, 6.07) is 19.9. The van der Waals surface area contributed by atoms with E-state index in [2.05, 4.69) is 44.5 Å². The number of piperazine rings is 1. The number of hydrogen-bond donors (Lipinski definition) is 1. The predicted octanol–water partition coefficient (Wildman–Crippen LogP) is 3.80. The molecule has 1 N–H and O–H groups in total. The third kappa shape index (κ3) is 4.97. The van der Waals surface area contributed by atoms with Gasteiger partial charge in [0.1, 0.15) is 0 Å². The molecule has 4 rings (SSSR count). The molecule has 0 bridgehead atoms. The first kappa shape index (κ1) is 19.1. The fraction of sp³-hybridized carbons (Fsp3) is 0.261. The molecule has 148 valence electrons. The Labute approximate surface area is 171 Å². The lowest BCUT2D eigenvalue weighted by molar-refractivity contribution is 0.143. The number of amides is 2. The quantitative estimate of drug-likeness (QED) is 0.740. The van der Waals surface area contributed by atoms with Gasteiger partial charge in [0.2, 0.25) is 0 Å². The molecule has 0 aliphatic carbocycles. The average molecular weight is 387 g/mol. The number of aryl methyl sites for hydroxylation is 1. The average Bonchev–Trinajstić information content (AvgIpc) is 2.75. The predicted molar refractivity (Wildman–Crippen MR) is 115 cm³/mol. The van der Waals surface area contributed by atoms with Crippen molar-refractivity contribution in [2.24, 2.45) is 0 Å².